The van der Waals surface area contributed by atoms with Gasteiger partial charge in [-0.3, -0.25) is 4.79 Å². The number of hydrogen-bond donors (Lipinski definition) is 1. The SMILES string of the molecule is Cc1ccc(S(=O)(=O)N2CCOCC2)cc1NC(=O)/C=C/c1cccs1. The summed E-state index contributed by atoms with van der Waals surface area (Å²) in [7, 11) is -3.60. The fraction of sp³-hybridized carbons (Fsp3) is 0.278. The van der Waals surface area contributed by atoms with Gasteiger partial charge in [-0.05, 0) is 42.1 Å². The van der Waals surface area contributed by atoms with Gasteiger partial charge in [-0.15, -0.1) is 11.3 Å². The molecule has 1 aromatic carbocycles. The highest BCUT2D eigenvalue weighted by molar-refractivity contribution is 7.89. The van der Waals surface area contributed by atoms with Gasteiger partial charge < -0.3 is 10.1 Å². The summed E-state index contributed by atoms with van der Waals surface area (Å²) in [5.41, 5.74) is 1.28. The van der Waals surface area contributed by atoms with Gasteiger partial charge in [0.15, 0.2) is 0 Å². The molecule has 8 heteroatoms. The first-order valence-corrected chi connectivity index (χ1v) is 10.5. The molecular formula is C18H20N2O4S2. The van der Waals surface area contributed by atoms with E-state index in [4.69, 9.17) is 4.74 Å². The second-order valence-corrected chi connectivity index (χ2v) is 8.75. The van der Waals surface area contributed by atoms with Crippen molar-refractivity contribution in [2.45, 2.75) is 11.8 Å². The number of hydrogen-bond acceptors (Lipinski definition) is 5. The van der Waals surface area contributed by atoms with Crippen molar-refractivity contribution in [3.8, 4) is 0 Å². The van der Waals surface area contributed by atoms with Crippen LogP contribution in [0.5, 0.6) is 0 Å². The first-order valence-electron chi connectivity index (χ1n) is 8.18. The number of thiophene rings is 1. The zero-order chi connectivity index (χ0) is 18.6. The van der Waals surface area contributed by atoms with Crippen molar-refractivity contribution in [2.75, 3.05) is 31.6 Å². The first-order chi connectivity index (χ1) is 12.5. The lowest BCUT2D eigenvalue weighted by atomic mass is 10.2. The van der Waals surface area contributed by atoms with E-state index < -0.39 is 10.0 Å². The van der Waals surface area contributed by atoms with Crippen molar-refractivity contribution in [3.63, 3.8) is 0 Å². The molecule has 1 amide bonds. The van der Waals surface area contributed by atoms with Crippen LogP contribution in [0.15, 0.2) is 46.7 Å². The molecular weight excluding hydrogens is 372 g/mol. The maximum Gasteiger partial charge on any atom is 0.248 e. The van der Waals surface area contributed by atoms with Crippen LogP contribution in [0.25, 0.3) is 6.08 Å². The number of amides is 1. The van der Waals surface area contributed by atoms with E-state index in [2.05, 4.69) is 5.32 Å². The molecule has 1 aliphatic heterocycles. The Morgan fingerprint density at radius 1 is 1.27 bits per heavy atom. The molecule has 1 fully saturated rings. The van der Waals surface area contributed by atoms with Crippen LogP contribution in [0.1, 0.15) is 10.4 Å². The maximum absolute atomic E-state index is 12.8. The molecule has 0 unspecified atom stereocenters. The van der Waals surface area contributed by atoms with E-state index in [0.717, 1.165) is 10.4 Å². The minimum absolute atomic E-state index is 0.169. The summed E-state index contributed by atoms with van der Waals surface area (Å²) in [6.07, 6.45) is 3.16. The molecule has 138 valence electrons. The fourth-order valence-corrected chi connectivity index (χ4v) is 4.60. The van der Waals surface area contributed by atoms with E-state index in [1.807, 2.05) is 24.4 Å². The largest absolute Gasteiger partial charge is 0.379 e. The summed E-state index contributed by atoms with van der Waals surface area (Å²) < 4.78 is 32.1. The topological polar surface area (TPSA) is 75.7 Å². The van der Waals surface area contributed by atoms with Crippen LogP contribution < -0.4 is 5.32 Å². The Morgan fingerprint density at radius 2 is 2.04 bits per heavy atom. The van der Waals surface area contributed by atoms with Crippen molar-refractivity contribution in [2.24, 2.45) is 0 Å². The van der Waals surface area contributed by atoms with Crippen LogP contribution in [0.2, 0.25) is 0 Å². The molecule has 0 atom stereocenters. The number of aryl methyl sites for hydroxylation is 1. The number of benzene rings is 1. The lowest BCUT2D eigenvalue weighted by Gasteiger charge is -2.26. The third-order valence-electron chi connectivity index (χ3n) is 4.02. The van der Waals surface area contributed by atoms with Gasteiger partial charge in [0.1, 0.15) is 0 Å². The molecule has 0 radical (unpaired) electrons. The number of nitrogens with zero attached hydrogens (tertiary/aromatic N) is 1. The van der Waals surface area contributed by atoms with E-state index in [9.17, 15) is 13.2 Å². The van der Waals surface area contributed by atoms with Crippen molar-refractivity contribution in [1.29, 1.82) is 0 Å². The van der Waals surface area contributed by atoms with Gasteiger partial charge in [-0.25, -0.2) is 8.42 Å². The summed E-state index contributed by atoms with van der Waals surface area (Å²) in [5.74, 6) is -0.303. The summed E-state index contributed by atoms with van der Waals surface area (Å²) in [5, 5.41) is 4.69. The third kappa shape index (κ3) is 4.39. The second kappa shape index (κ2) is 8.13. The van der Waals surface area contributed by atoms with E-state index in [0.29, 0.717) is 32.0 Å². The van der Waals surface area contributed by atoms with Crippen LogP contribution in [-0.2, 0) is 19.6 Å². The average Bonchev–Trinajstić information content (AvgIpc) is 3.16. The zero-order valence-corrected chi connectivity index (χ0v) is 16.0. The summed E-state index contributed by atoms with van der Waals surface area (Å²) in [4.78, 5) is 13.3. The molecule has 1 aliphatic rings. The Labute approximate surface area is 157 Å². The van der Waals surface area contributed by atoms with Gasteiger partial charge >= 0.3 is 0 Å². The van der Waals surface area contributed by atoms with Gasteiger partial charge in [0.2, 0.25) is 15.9 Å². The maximum atomic E-state index is 12.8. The number of morpholine rings is 1. The van der Waals surface area contributed by atoms with Crippen LogP contribution in [0.4, 0.5) is 5.69 Å². The lowest BCUT2D eigenvalue weighted by Crippen LogP contribution is -2.40. The standard InChI is InChI=1S/C18H20N2O4S2/c1-14-4-6-16(26(22,23)20-8-10-24-11-9-20)13-17(14)19-18(21)7-5-15-3-2-12-25-15/h2-7,12-13H,8-11H2,1H3,(H,19,21)/b7-5+. The number of rotatable bonds is 5. The molecule has 2 heterocycles. The van der Waals surface area contributed by atoms with E-state index >= 15 is 0 Å². The Balaban J connectivity index is 1.78. The van der Waals surface area contributed by atoms with E-state index in [1.54, 1.807) is 18.2 Å². The Kier molecular flexibility index (Phi) is 5.87. The predicted octanol–water partition coefficient (Wildman–Crippen LogP) is 2.73. The molecule has 0 saturated carbocycles. The van der Waals surface area contributed by atoms with Crippen molar-refractivity contribution < 1.29 is 17.9 Å². The molecule has 1 N–H and O–H groups in total. The second-order valence-electron chi connectivity index (χ2n) is 5.83. The predicted molar refractivity (Wildman–Crippen MR) is 103 cm³/mol. The highest BCUT2D eigenvalue weighted by Gasteiger charge is 2.26. The highest BCUT2D eigenvalue weighted by Crippen LogP contribution is 2.23. The lowest BCUT2D eigenvalue weighted by molar-refractivity contribution is -0.111. The molecule has 2 aromatic rings. The van der Waals surface area contributed by atoms with Gasteiger partial charge in [0.25, 0.3) is 0 Å². The van der Waals surface area contributed by atoms with Crippen LogP contribution in [-0.4, -0.2) is 44.9 Å². The number of sulfonamides is 1. The van der Waals surface area contributed by atoms with E-state index in [-0.39, 0.29) is 10.8 Å². The monoisotopic (exact) mass is 392 g/mol. The van der Waals surface area contributed by atoms with Crippen LogP contribution in [0.3, 0.4) is 0 Å². The highest BCUT2D eigenvalue weighted by atomic mass is 32.2. The molecule has 0 spiro atoms. The number of anilines is 1. The molecule has 0 bridgehead atoms. The normalized spacial score (nSPS) is 16.0. The van der Waals surface area contributed by atoms with Crippen LogP contribution in [0, 0.1) is 6.92 Å². The Hall–Kier alpha value is -2.00. The Morgan fingerprint density at radius 3 is 2.73 bits per heavy atom. The minimum Gasteiger partial charge on any atom is -0.379 e. The molecule has 0 aliphatic carbocycles. The van der Waals surface area contributed by atoms with Gasteiger partial charge in [0.05, 0.1) is 18.1 Å². The average molecular weight is 393 g/mol. The zero-order valence-electron chi connectivity index (χ0n) is 14.3. The van der Waals surface area contributed by atoms with Crippen molar-refractivity contribution >= 4 is 39.0 Å². The molecule has 6 nitrogen and oxygen atoms in total. The minimum atomic E-state index is -3.60. The quantitative estimate of drug-likeness (QED) is 0.794. The number of ether oxygens (including phenoxy) is 1. The summed E-state index contributed by atoms with van der Waals surface area (Å²) in [6.45, 7) is 3.27. The third-order valence-corrected chi connectivity index (χ3v) is 6.75. The number of carbonyl (C=O) groups excluding carboxylic acids is 1. The number of carbonyl (C=O) groups is 1. The van der Waals surface area contributed by atoms with Gasteiger partial charge in [0, 0.05) is 29.7 Å². The van der Waals surface area contributed by atoms with Crippen LogP contribution >= 0.6 is 11.3 Å². The van der Waals surface area contributed by atoms with Gasteiger partial charge in [-0.2, -0.15) is 4.31 Å². The van der Waals surface area contributed by atoms with Gasteiger partial charge in [-0.1, -0.05) is 12.1 Å². The van der Waals surface area contributed by atoms with Crippen molar-refractivity contribution in [1.82, 2.24) is 4.31 Å². The molecule has 1 saturated heterocycles. The molecule has 26 heavy (non-hydrogen) atoms. The number of nitrogens with one attached hydrogen (secondary N) is 1. The summed E-state index contributed by atoms with van der Waals surface area (Å²) in [6, 6.07) is 8.60. The Bertz CT molecular complexity index is 899. The fourth-order valence-electron chi connectivity index (χ4n) is 2.55. The smallest absolute Gasteiger partial charge is 0.248 e. The summed E-state index contributed by atoms with van der Waals surface area (Å²) >= 11 is 1.53. The van der Waals surface area contributed by atoms with Crippen molar-refractivity contribution in [3.05, 3.63) is 52.2 Å². The molecule has 1 aromatic heterocycles. The van der Waals surface area contributed by atoms with E-state index in [1.165, 1.54) is 27.8 Å². The first kappa shape index (κ1) is 18.8. The molecule has 3 rings (SSSR count).